The fourth-order valence-electron chi connectivity index (χ4n) is 2.71. The maximum atomic E-state index is 12.0. The van der Waals surface area contributed by atoms with Gasteiger partial charge in [0.05, 0.1) is 7.11 Å². The number of aryl methyl sites for hydroxylation is 1. The van der Waals surface area contributed by atoms with Gasteiger partial charge in [0.25, 0.3) is 0 Å². The minimum Gasteiger partial charge on any atom is -0.497 e. The fraction of sp³-hybridized carbons (Fsp3) is 0.588. The molecule has 0 saturated carbocycles. The van der Waals surface area contributed by atoms with E-state index < -0.39 is 5.60 Å². The summed E-state index contributed by atoms with van der Waals surface area (Å²) in [4.78, 5) is 12.0. The van der Waals surface area contributed by atoms with Crippen LogP contribution in [0.4, 0.5) is 4.79 Å². The molecule has 116 valence electrons. The van der Waals surface area contributed by atoms with E-state index in [0.717, 1.165) is 25.0 Å². The van der Waals surface area contributed by atoms with E-state index in [-0.39, 0.29) is 11.6 Å². The lowest BCUT2D eigenvalue weighted by Gasteiger charge is -2.36. The summed E-state index contributed by atoms with van der Waals surface area (Å²) in [6.07, 6.45) is 2.30. The highest BCUT2D eigenvalue weighted by Crippen LogP contribution is 2.31. The summed E-state index contributed by atoms with van der Waals surface area (Å²) in [5, 5.41) is 3.03. The average molecular weight is 291 g/mol. The zero-order valence-corrected chi connectivity index (χ0v) is 13.6. The van der Waals surface area contributed by atoms with Gasteiger partial charge in [-0.1, -0.05) is 6.07 Å². The normalized spacial score (nSPS) is 21.4. The lowest BCUT2D eigenvalue weighted by atomic mass is 9.79. The maximum absolute atomic E-state index is 12.0. The molecule has 0 saturated heterocycles. The maximum Gasteiger partial charge on any atom is 0.408 e. The number of rotatable bonds is 2. The fourth-order valence-corrected chi connectivity index (χ4v) is 2.71. The number of alkyl carbamates (subject to hydrolysis) is 1. The van der Waals surface area contributed by atoms with Crippen molar-refractivity contribution in [2.45, 2.75) is 58.1 Å². The molecule has 4 nitrogen and oxygen atoms in total. The number of carbonyl (C=O) groups excluding carboxylic acids is 1. The first-order chi connectivity index (χ1) is 9.71. The van der Waals surface area contributed by atoms with Crippen molar-refractivity contribution in [3.63, 3.8) is 0 Å². The number of hydrogen-bond acceptors (Lipinski definition) is 3. The molecule has 21 heavy (non-hydrogen) atoms. The molecule has 0 aliphatic heterocycles. The SMILES string of the molecule is COc1ccc2c(c1)CC(C)(NC(=O)OC(C)(C)C)CC2. The predicted octanol–water partition coefficient (Wildman–Crippen LogP) is 3.47. The number of amides is 1. The van der Waals surface area contributed by atoms with E-state index in [1.54, 1.807) is 7.11 Å². The van der Waals surface area contributed by atoms with Gasteiger partial charge in [0.2, 0.25) is 0 Å². The van der Waals surface area contributed by atoms with Gasteiger partial charge in [-0.3, -0.25) is 0 Å². The average Bonchev–Trinajstić information content (AvgIpc) is 2.34. The van der Waals surface area contributed by atoms with Gasteiger partial charge < -0.3 is 14.8 Å². The van der Waals surface area contributed by atoms with Crippen molar-refractivity contribution in [1.29, 1.82) is 0 Å². The van der Waals surface area contributed by atoms with Crippen molar-refractivity contribution in [1.82, 2.24) is 5.32 Å². The van der Waals surface area contributed by atoms with Gasteiger partial charge in [0.15, 0.2) is 0 Å². The molecule has 1 N–H and O–H groups in total. The van der Waals surface area contributed by atoms with Crippen LogP contribution in [-0.2, 0) is 17.6 Å². The topological polar surface area (TPSA) is 47.6 Å². The third kappa shape index (κ3) is 4.13. The van der Waals surface area contributed by atoms with Crippen LogP contribution in [0.1, 0.15) is 45.2 Å². The summed E-state index contributed by atoms with van der Waals surface area (Å²) in [6.45, 7) is 7.68. The van der Waals surface area contributed by atoms with Crippen molar-refractivity contribution in [2.24, 2.45) is 0 Å². The Morgan fingerprint density at radius 3 is 2.62 bits per heavy atom. The molecule has 1 aromatic rings. The molecule has 1 amide bonds. The second kappa shape index (κ2) is 5.58. The van der Waals surface area contributed by atoms with Crippen molar-refractivity contribution in [2.75, 3.05) is 7.11 Å². The molecule has 0 bridgehead atoms. The second-order valence-electron chi connectivity index (χ2n) is 7.00. The van der Waals surface area contributed by atoms with Gasteiger partial charge in [0.1, 0.15) is 11.4 Å². The lowest BCUT2D eigenvalue weighted by molar-refractivity contribution is 0.0455. The Kier molecular flexibility index (Phi) is 4.17. The number of ether oxygens (including phenoxy) is 2. The van der Waals surface area contributed by atoms with E-state index in [1.165, 1.54) is 11.1 Å². The summed E-state index contributed by atoms with van der Waals surface area (Å²) in [5.41, 5.74) is 1.82. The first kappa shape index (κ1) is 15.7. The van der Waals surface area contributed by atoms with Crippen LogP contribution in [0.15, 0.2) is 18.2 Å². The summed E-state index contributed by atoms with van der Waals surface area (Å²) in [5.74, 6) is 0.857. The van der Waals surface area contributed by atoms with E-state index in [9.17, 15) is 4.79 Å². The minimum atomic E-state index is -0.476. The van der Waals surface area contributed by atoms with Crippen molar-refractivity contribution >= 4 is 6.09 Å². The molecule has 1 unspecified atom stereocenters. The second-order valence-corrected chi connectivity index (χ2v) is 7.00. The van der Waals surface area contributed by atoms with Gasteiger partial charge in [-0.05, 0) is 70.2 Å². The van der Waals surface area contributed by atoms with Gasteiger partial charge in [0, 0.05) is 5.54 Å². The Balaban J connectivity index is 2.09. The standard InChI is InChI=1S/C17H25NO3/c1-16(2,3)21-15(19)18-17(4)9-8-12-6-7-14(20-5)10-13(12)11-17/h6-7,10H,8-9,11H2,1-5H3,(H,18,19). The van der Waals surface area contributed by atoms with Gasteiger partial charge >= 0.3 is 6.09 Å². The highest BCUT2D eigenvalue weighted by molar-refractivity contribution is 5.69. The monoisotopic (exact) mass is 291 g/mol. The number of hydrogen-bond donors (Lipinski definition) is 1. The lowest BCUT2D eigenvalue weighted by Crippen LogP contribution is -2.51. The number of benzene rings is 1. The quantitative estimate of drug-likeness (QED) is 0.907. The van der Waals surface area contributed by atoms with Crippen LogP contribution < -0.4 is 10.1 Å². The molecule has 1 atom stereocenters. The Bertz CT molecular complexity index is 533. The van der Waals surface area contributed by atoms with Crippen molar-refractivity contribution in [3.8, 4) is 5.75 Å². The Labute approximate surface area is 126 Å². The largest absolute Gasteiger partial charge is 0.497 e. The molecular weight excluding hydrogens is 266 g/mol. The highest BCUT2D eigenvalue weighted by atomic mass is 16.6. The third-order valence-electron chi connectivity index (χ3n) is 3.74. The van der Waals surface area contributed by atoms with E-state index in [0.29, 0.717) is 0 Å². The molecule has 0 fully saturated rings. The third-order valence-corrected chi connectivity index (χ3v) is 3.74. The first-order valence-corrected chi connectivity index (χ1v) is 7.38. The van der Waals surface area contributed by atoms with E-state index in [1.807, 2.05) is 26.8 Å². The number of fused-ring (bicyclic) bond motifs is 1. The van der Waals surface area contributed by atoms with Crippen molar-refractivity contribution < 1.29 is 14.3 Å². The van der Waals surface area contributed by atoms with Gasteiger partial charge in [-0.2, -0.15) is 0 Å². The summed E-state index contributed by atoms with van der Waals surface area (Å²) < 4.78 is 10.6. The van der Waals surface area contributed by atoms with Crippen molar-refractivity contribution in [3.05, 3.63) is 29.3 Å². The molecule has 4 heteroatoms. The summed E-state index contributed by atoms with van der Waals surface area (Å²) >= 11 is 0. The molecular formula is C17H25NO3. The number of nitrogens with one attached hydrogen (secondary N) is 1. The Morgan fingerprint density at radius 1 is 1.29 bits per heavy atom. The molecule has 1 aromatic carbocycles. The smallest absolute Gasteiger partial charge is 0.408 e. The van der Waals surface area contributed by atoms with Crippen LogP contribution in [0.3, 0.4) is 0 Å². The molecule has 0 spiro atoms. The zero-order chi connectivity index (χ0) is 15.7. The van der Waals surface area contributed by atoms with Crippen LogP contribution >= 0.6 is 0 Å². The predicted molar refractivity (Wildman–Crippen MR) is 82.8 cm³/mol. The summed E-state index contributed by atoms with van der Waals surface area (Å²) in [7, 11) is 1.67. The van der Waals surface area contributed by atoms with Crippen LogP contribution in [-0.4, -0.2) is 24.3 Å². The van der Waals surface area contributed by atoms with E-state index in [2.05, 4.69) is 24.4 Å². The number of carbonyl (C=O) groups is 1. The Morgan fingerprint density at radius 2 is 2.00 bits per heavy atom. The van der Waals surface area contributed by atoms with Gasteiger partial charge in [-0.15, -0.1) is 0 Å². The van der Waals surface area contributed by atoms with Crippen LogP contribution in [0.25, 0.3) is 0 Å². The first-order valence-electron chi connectivity index (χ1n) is 7.38. The van der Waals surface area contributed by atoms with Crippen LogP contribution in [0.5, 0.6) is 5.75 Å². The number of methoxy groups -OCH3 is 1. The molecule has 0 radical (unpaired) electrons. The summed E-state index contributed by atoms with van der Waals surface area (Å²) in [6, 6.07) is 6.16. The zero-order valence-electron chi connectivity index (χ0n) is 13.6. The molecule has 0 aromatic heterocycles. The highest BCUT2D eigenvalue weighted by Gasteiger charge is 2.33. The minimum absolute atomic E-state index is 0.276. The molecule has 1 aliphatic carbocycles. The van der Waals surface area contributed by atoms with Crippen LogP contribution in [0.2, 0.25) is 0 Å². The Hall–Kier alpha value is -1.71. The molecule has 1 aliphatic rings. The molecule has 2 rings (SSSR count). The molecule has 0 heterocycles. The van der Waals surface area contributed by atoms with E-state index >= 15 is 0 Å². The van der Waals surface area contributed by atoms with Gasteiger partial charge in [-0.25, -0.2) is 4.79 Å². The van der Waals surface area contributed by atoms with Crippen LogP contribution in [0, 0.1) is 0 Å². The van der Waals surface area contributed by atoms with E-state index in [4.69, 9.17) is 9.47 Å².